The fraction of sp³-hybridized carbons (Fsp3) is 0.500. The van der Waals surface area contributed by atoms with Crippen LogP contribution >= 0.6 is 23.2 Å². The third-order valence-electron chi connectivity index (χ3n) is 8.34. The van der Waals surface area contributed by atoms with E-state index in [9.17, 15) is 31.2 Å². The Balaban J connectivity index is 1.35. The quantitative estimate of drug-likeness (QED) is 0.434. The van der Waals surface area contributed by atoms with Gasteiger partial charge in [0.2, 0.25) is 15.9 Å². The van der Waals surface area contributed by atoms with E-state index in [1.165, 1.54) is 22.3 Å². The van der Waals surface area contributed by atoms with Gasteiger partial charge in [-0.1, -0.05) is 35.3 Å². The monoisotopic (exact) mass is 631 g/mol. The molecule has 0 aromatic heterocycles. The maximum atomic E-state index is 13.6. The number of benzene rings is 2. The van der Waals surface area contributed by atoms with Crippen molar-refractivity contribution in [2.45, 2.75) is 49.1 Å². The molecule has 2 amide bonds. The molecule has 0 spiro atoms. The predicted molar refractivity (Wildman–Crippen MR) is 149 cm³/mol. The van der Waals surface area contributed by atoms with Gasteiger partial charge in [-0.15, -0.1) is 0 Å². The number of nitrogens with zero attached hydrogens (tertiary/aromatic N) is 3. The minimum Gasteiger partial charge on any atom is -0.340 e. The number of carbonyl (C=O) groups excluding carboxylic acids is 2. The highest BCUT2D eigenvalue weighted by molar-refractivity contribution is 7.90. The van der Waals surface area contributed by atoms with Gasteiger partial charge in [0.25, 0.3) is 5.91 Å². The van der Waals surface area contributed by atoms with Crippen LogP contribution in [0.5, 0.6) is 0 Å². The summed E-state index contributed by atoms with van der Waals surface area (Å²) in [5.41, 5.74) is -0.411. The van der Waals surface area contributed by atoms with E-state index in [1.807, 2.05) is 12.1 Å². The van der Waals surface area contributed by atoms with Gasteiger partial charge < -0.3 is 9.80 Å². The van der Waals surface area contributed by atoms with Crippen molar-refractivity contribution in [2.24, 2.45) is 5.92 Å². The summed E-state index contributed by atoms with van der Waals surface area (Å²) in [6.07, 6.45) is -2.53. The van der Waals surface area contributed by atoms with Crippen LogP contribution in [0, 0.1) is 5.92 Å². The lowest BCUT2D eigenvalue weighted by Crippen LogP contribution is -2.46. The predicted octanol–water partition coefficient (Wildman–Crippen LogP) is 5.28. The molecule has 2 aliphatic heterocycles. The van der Waals surface area contributed by atoms with Gasteiger partial charge in [0.15, 0.2) is 0 Å². The average molecular weight is 633 g/mol. The topological polar surface area (TPSA) is 78.0 Å². The van der Waals surface area contributed by atoms with E-state index in [0.29, 0.717) is 50.3 Å². The lowest BCUT2D eigenvalue weighted by Gasteiger charge is -2.33. The van der Waals surface area contributed by atoms with E-state index in [2.05, 4.69) is 0 Å². The molecule has 2 heterocycles. The number of alkyl halides is 3. The molecule has 0 N–H and O–H groups in total. The van der Waals surface area contributed by atoms with Gasteiger partial charge in [-0.3, -0.25) is 9.59 Å². The number of carbonyl (C=O) groups is 2. The van der Waals surface area contributed by atoms with Crippen LogP contribution in [0.2, 0.25) is 10.0 Å². The van der Waals surface area contributed by atoms with Crippen LogP contribution in [0.1, 0.15) is 53.1 Å². The van der Waals surface area contributed by atoms with E-state index in [4.69, 9.17) is 23.2 Å². The average Bonchev–Trinajstić information content (AvgIpc) is 3.72. The Morgan fingerprint density at radius 1 is 0.951 bits per heavy atom. The smallest absolute Gasteiger partial charge is 0.340 e. The van der Waals surface area contributed by atoms with Gasteiger partial charge in [-0.25, -0.2) is 12.7 Å². The van der Waals surface area contributed by atoms with E-state index >= 15 is 0 Å². The third kappa shape index (κ3) is 6.23. The summed E-state index contributed by atoms with van der Waals surface area (Å²) in [7, 11) is -1.78. The van der Waals surface area contributed by atoms with Gasteiger partial charge in [-0.05, 0) is 61.6 Å². The van der Waals surface area contributed by atoms with Crippen molar-refractivity contribution in [2.75, 3.05) is 33.2 Å². The molecule has 0 bridgehead atoms. The van der Waals surface area contributed by atoms with Crippen molar-refractivity contribution in [3.63, 3.8) is 0 Å². The van der Waals surface area contributed by atoms with Crippen LogP contribution in [0.4, 0.5) is 13.2 Å². The highest BCUT2D eigenvalue weighted by Crippen LogP contribution is 2.38. The second-order valence-corrected chi connectivity index (χ2v) is 14.1. The molecule has 222 valence electrons. The fourth-order valence-corrected chi connectivity index (χ4v) is 8.04. The zero-order valence-electron chi connectivity index (χ0n) is 22.3. The molecular formula is C28H30Cl2F3N3O4S. The summed E-state index contributed by atoms with van der Waals surface area (Å²) >= 11 is 11.8. The molecule has 13 heteroatoms. The van der Waals surface area contributed by atoms with Crippen LogP contribution < -0.4 is 0 Å². The summed E-state index contributed by atoms with van der Waals surface area (Å²) in [6.45, 7) is 1.08. The molecule has 1 aliphatic carbocycles. The first-order chi connectivity index (χ1) is 19.3. The lowest BCUT2D eigenvalue weighted by atomic mass is 9.93. The first kappa shape index (κ1) is 30.1. The van der Waals surface area contributed by atoms with Gasteiger partial charge in [0, 0.05) is 55.6 Å². The fourth-order valence-electron chi connectivity index (χ4n) is 5.82. The van der Waals surface area contributed by atoms with E-state index in [-0.39, 0.29) is 35.1 Å². The number of likely N-dealkylation sites (N-methyl/N-ethyl adjacent to an activating group) is 1. The van der Waals surface area contributed by atoms with Crippen LogP contribution in [0.25, 0.3) is 0 Å². The second-order valence-electron chi connectivity index (χ2n) is 11.0. The van der Waals surface area contributed by atoms with Crippen molar-refractivity contribution >= 4 is 45.0 Å². The Kier molecular flexibility index (Phi) is 8.37. The molecule has 3 aliphatic rings. The lowest BCUT2D eigenvalue weighted by molar-refractivity contribution is -0.137. The SMILES string of the molecule is CN(C(=O)c1ccc(Cl)c(C(F)(F)F)c1)[C@@H]1CN(C(=O)C2CCN(S(=O)(=O)C3CC3)CC2)C[C@H]1c1ccc(Cl)cc1. The summed E-state index contributed by atoms with van der Waals surface area (Å²) in [5, 5.41) is -0.270. The van der Waals surface area contributed by atoms with Gasteiger partial charge in [0.05, 0.1) is 21.9 Å². The van der Waals surface area contributed by atoms with Crippen LogP contribution in [-0.2, 0) is 21.0 Å². The minimum atomic E-state index is -4.72. The van der Waals surface area contributed by atoms with Crippen LogP contribution in [0.15, 0.2) is 42.5 Å². The standard InChI is InChI=1S/C28H30Cl2F3N3O4S/c1-34(26(37)19-4-9-24(30)23(14-19)28(31,32)33)25-16-35(15-22(25)17-2-5-20(29)6-3-17)27(38)18-10-12-36(13-11-18)41(39,40)21-7-8-21/h2-6,9,14,18,21-22,25H,7-8,10-13,15-16H2,1H3/t22-,25+/m0/s1. The molecule has 2 atom stereocenters. The number of piperidine rings is 1. The molecule has 5 rings (SSSR count). The Bertz CT molecular complexity index is 1430. The zero-order valence-corrected chi connectivity index (χ0v) is 24.6. The number of hydrogen-bond donors (Lipinski definition) is 0. The largest absolute Gasteiger partial charge is 0.417 e. The molecule has 2 aromatic rings. The minimum absolute atomic E-state index is 0.110. The molecule has 7 nitrogen and oxygen atoms in total. The number of rotatable bonds is 6. The highest BCUT2D eigenvalue weighted by Gasteiger charge is 2.45. The molecule has 1 saturated carbocycles. The molecule has 3 fully saturated rings. The Hall–Kier alpha value is -2.34. The second kappa shape index (κ2) is 11.4. The van der Waals surface area contributed by atoms with Crippen molar-refractivity contribution < 1.29 is 31.2 Å². The Morgan fingerprint density at radius 3 is 2.17 bits per heavy atom. The van der Waals surface area contributed by atoms with Gasteiger partial charge >= 0.3 is 6.18 Å². The van der Waals surface area contributed by atoms with Crippen molar-refractivity contribution in [3.05, 3.63) is 69.2 Å². The maximum absolute atomic E-state index is 13.6. The van der Waals surface area contributed by atoms with Crippen molar-refractivity contribution in [3.8, 4) is 0 Å². The Labute approximate surface area is 247 Å². The number of halogens is 5. The van der Waals surface area contributed by atoms with E-state index in [1.54, 1.807) is 17.0 Å². The molecule has 2 saturated heterocycles. The molecule has 0 radical (unpaired) electrons. The summed E-state index contributed by atoms with van der Waals surface area (Å²) in [5.74, 6) is -1.39. The molecule has 0 unspecified atom stereocenters. The normalized spacial score (nSPS) is 22.6. The number of amides is 2. The van der Waals surface area contributed by atoms with Crippen molar-refractivity contribution in [1.82, 2.24) is 14.1 Å². The number of sulfonamides is 1. The van der Waals surface area contributed by atoms with Gasteiger partial charge in [0.1, 0.15) is 0 Å². The third-order valence-corrected chi connectivity index (χ3v) is 11.3. The molecule has 2 aromatic carbocycles. The first-order valence-corrected chi connectivity index (χ1v) is 15.7. The summed E-state index contributed by atoms with van der Waals surface area (Å²) in [6, 6.07) is 9.61. The maximum Gasteiger partial charge on any atom is 0.417 e. The Morgan fingerprint density at radius 2 is 1.59 bits per heavy atom. The van der Waals surface area contributed by atoms with E-state index in [0.717, 1.165) is 17.7 Å². The summed E-state index contributed by atoms with van der Waals surface area (Å²) < 4.78 is 67.1. The number of hydrogen-bond acceptors (Lipinski definition) is 4. The van der Waals surface area contributed by atoms with Crippen LogP contribution in [-0.4, -0.2) is 78.9 Å². The summed E-state index contributed by atoms with van der Waals surface area (Å²) in [4.78, 5) is 30.2. The van der Waals surface area contributed by atoms with Crippen LogP contribution in [0.3, 0.4) is 0 Å². The molecular weight excluding hydrogens is 602 g/mol. The zero-order chi connectivity index (χ0) is 29.7. The highest BCUT2D eigenvalue weighted by atomic mass is 35.5. The first-order valence-electron chi connectivity index (χ1n) is 13.4. The van der Waals surface area contributed by atoms with Gasteiger partial charge in [-0.2, -0.15) is 13.2 Å². The van der Waals surface area contributed by atoms with Crippen molar-refractivity contribution in [1.29, 1.82) is 0 Å². The molecule has 41 heavy (non-hydrogen) atoms. The van der Waals surface area contributed by atoms with E-state index < -0.39 is 38.7 Å². The number of likely N-dealkylation sites (tertiary alicyclic amines) is 1.